The van der Waals surface area contributed by atoms with Crippen LogP contribution in [-0.4, -0.2) is 11.9 Å². The molecule has 6 heteroatoms. The molecule has 0 spiro atoms. The lowest BCUT2D eigenvalue weighted by Gasteiger charge is -2.09. The molecule has 0 saturated carbocycles. The lowest BCUT2D eigenvalue weighted by Crippen LogP contribution is -2.05. The van der Waals surface area contributed by atoms with Gasteiger partial charge in [-0.2, -0.15) is 0 Å². The number of nitrogens with zero attached hydrogens (tertiary/aromatic N) is 1. The van der Waals surface area contributed by atoms with Gasteiger partial charge in [-0.15, -0.1) is 0 Å². The average Bonchev–Trinajstić information content (AvgIpc) is 3.09. The van der Waals surface area contributed by atoms with Crippen molar-refractivity contribution in [2.75, 3.05) is 0 Å². The minimum absolute atomic E-state index is 0.206. The van der Waals surface area contributed by atoms with Gasteiger partial charge < -0.3 is 9.47 Å². The zero-order valence-corrected chi connectivity index (χ0v) is 16.7. The molecule has 0 radical (unpaired) electrons. The Morgan fingerprint density at radius 2 is 1.55 bits per heavy atom. The molecule has 0 saturated heterocycles. The number of para-hydroxylation sites is 1. The molecule has 0 atom stereocenters. The molecule has 0 unspecified atom stereocenters. The van der Waals surface area contributed by atoms with Crippen LogP contribution in [0.1, 0.15) is 16.7 Å². The van der Waals surface area contributed by atoms with Gasteiger partial charge >= 0.3 is 5.97 Å². The Hall–Kier alpha value is -3.08. The van der Waals surface area contributed by atoms with Crippen molar-refractivity contribution in [2.24, 2.45) is 4.99 Å². The van der Waals surface area contributed by atoms with Crippen LogP contribution in [0.25, 0.3) is 6.08 Å². The van der Waals surface area contributed by atoms with Crippen molar-refractivity contribution in [1.82, 2.24) is 0 Å². The quantitative estimate of drug-likeness (QED) is 0.378. The summed E-state index contributed by atoms with van der Waals surface area (Å²) < 4.78 is 11.2. The van der Waals surface area contributed by atoms with Crippen molar-refractivity contribution < 1.29 is 14.3 Å². The second-order valence-corrected chi connectivity index (χ2v) is 7.17. The van der Waals surface area contributed by atoms with Gasteiger partial charge in [-0.3, -0.25) is 0 Å². The number of esters is 1. The summed E-state index contributed by atoms with van der Waals surface area (Å²) in [4.78, 5) is 16.6. The maximum atomic E-state index is 12.3. The fraction of sp³-hybridized carbons (Fsp3) is 0.0435. The van der Waals surface area contributed by atoms with E-state index in [4.69, 9.17) is 32.7 Å². The normalized spacial score (nSPS) is 14.6. The molecule has 1 aliphatic rings. The second-order valence-electron chi connectivity index (χ2n) is 6.30. The summed E-state index contributed by atoms with van der Waals surface area (Å²) in [6.45, 7) is 0.376. The standard InChI is InChI=1S/C23H15Cl2NO3/c24-18-9-5-15(6-10-18)14-28-21-4-2-1-3-17(21)13-20-23(27)29-22(26-20)16-7-11-19(25)12-8-16/h1-13H,14H2. The van der Waals surface area contributed by atoms with Crippen LogP contribution in [0.4, 0.5) is 0 Å². The Morgan fingerprint density at radius 3 is 2.28 bits per heavy atom. The molecular weight excluding hydrogens is 409 g/mol. The summed E-state index contributed by atoms with van der Waals surface area (Å²) in [7, 11) is 0. The Bertz CT molecular complexity index is 1100. The third-order valence-electron chi connectivity index (χ3n) is 4.23. The summed E-state index contributed by atoms with van der Waals surface area (Å²) in [5.41, 5.74) is 2.60. The van der Waals surface area contributed by atoms with Crippen LogP contribution in [0.3, 0.4) is 0 Å². The van der Waals surface area contributed by atoms with Gasteiger partial charge in [0.05, 0.1) is 0 Å². The van der Waals surface area contributed by atoms with E-state index in [1.807, 2.05) is 48.5 Å². The predicted molar refractivity (Wildman–Crippen MR) is 114 cm³/mol. The number of hydrogen-bond acceptors (Lipinski definition) is 4. The van der Waals surface area contributed by atoms with Crippen LogP contribution >= 0.6 is 23.2 Å². The van der Waals surface area contributed by atoms with Crippen molar-refractivity contribution in [3.8, 4) is 5.75 Å². The van der Waals surface area contributed by atoms with E-state index in [1.165, 1.54) is 0 Å². The highest BCUT2D eigenvalue weighted by Gasteiger charge is 2.24. The van der Waals surface area contributed by atoms with E-state index in [1.54, 1.807) is 30.3 Å². The minimum atomic E-state index is -0.512. The van der Waals surface area contributed by atoms with E-state index in [0.717, 1.165) is 11.1 Å². The molecular formula is C23H15Cl2NO3. The zero-order chi connectivity index (χ0) is 20.2. The van der Waals surface area contributed by atoms with Crippen LogP contribution in [0.15, 0.2) is 83.5 Å². The number of cyclic esters (lactones) is 1. The van der Waals surface area contributed by atoms with Gasteiger partial charge in [0.2, 0.25) is 5.90 Å². The summed E-state index contributed by atoms with van der Waals surface area (Å²) in [6, 6.07) is 21.8. The molecule has 29 heavy (non-hydrogen) atoms. The number of carbonyl (C=O) groups excluding carboxylic acids is 1. The average molecular weight is 424 g/mol. The molecule has 3 aromatic carbocycles. The molecule has 0 amide bonds. The van der Waals surface area contributed by atoms with E-state index in [-0.39, 0.29) is 11.6 Å². The summed E-state index contributed by atoms with van der Waals surface area (Å²) in [6.07, 6.45) is 1.66. The van der Waals surface area contributed by atoms with Crippen LogP contribution in [0, 0.1) is 0 Å². The molecule has 0 aromatic heterocycles. The Kier molecular flexibility index (Phi) is 5.65. The van der Waals surface area contributed by atoms with Gasteiger partial charge in [-0.05, 0) is 54.1 Å². The van der Waals surface area contributed by atoms with E-state index < -0.39 is 5.97 Å². The third-order valence-corrected chi connectivity index (χ3v) is 4.73. The highest BCUT2D eigenvalue weighted by molar-refractivity contribution is 6.31. The smallest absolute Gasteiger partial charge is 0.363 e. The van der Waals surface area contributed by atoms with Crippen LogP contribution < -0.4 is 4.74 Å². The van der Waals surface area contributed by atoms with E-state index in [0.29, 0.717) is 28.0 Å². The molecule has 0 aliphatic carbocycles. The first-order chi connectivity index (χ1) is 14.1. The van der Waals surface area contributed by atoms with E-state index >= 15 is 0 Å². The minimum Gasteiger partial charge on any atom is -0.488 e. The molecule has 4 nitrogen and oxygen atoms in total. The number of hydrogen-bond donors (Lipinski definition) is 0. The van der Waals surface area contributed by atoms with Crippen molar-refractivity contribution in [3.63, 3.8) is 0 Å². The van der Waals surface area contributed by atoms with Crippen LogP contribution in [0.5, 0.6) is 5.75 Å². The molecule has 144 valence electrons. The van der Waals surface area contributed by atoms with E-state index in [2.05, 4.69) is 4.99 Å². The van der Waals surface area contributed by atoms with Gasteiger partial charge in [0.15, 0.2) is 5.70 Å². The molecule has 0 N–H and O–H groups in total. The number of aliphatic imine (C=N–C) groups is 1. The fourth-order valence-corrected chi connectivity index (χ4v) is 3.00. The van der Waals surface area contributed by atoms with E-state index in [9.17, 15) is 4.79 Å². The summed E-state index contributed by atoms with van der Waals surface area (Å²) >= 11 is 11.8. The lowest BCUT2D eigenvalue weighted by molar-refractivity contribution is -0.129. The highest BCUT2D eigenvalue weighted by Crippen LogP contribution is 2.26. The largest absolute Gasteiger partial charge is 0.488 e. The highest BCUT2D eigenvalue weighted by atomic mass is 35.5. The van der Waals surface area contributed by atoms with Gasteiger partial charge in [0.25, 0.3) is 0 Å². The number of ether oxygens (including phenoxy) is 2. The van der Waals surface area contributed by atoms with Crippen LogP contribution in [-0.2, 0) is 16.1 Å². The molecule has 3 aromatic rings. The van der Waals surface area contributed by atoms with Crippen molar-refractivity contribution >= 4 is 41.1 Å². The zero-order valence-electron chi connectivity index (χ0n) is 15.1. The maximum Gasteiger partial charge on any atom is 0.363 e. The van der Waals surface area contributed by atoms with Gasteiger partial charge in [0, 0.05) is 21.2 Å². The van der Waals surface area contributed by atoms with Gasteiger partial charge in [-0.1, -0.05) is 53.5 Å². The first-order valence-corrected chi connectivity index (χ1v) is 9.59. The number of benzene rings is 3. The number of carbonyl (C=O) groups is 1. The van der Waals surface area contributed by atoms with Gasteiger partial charge in [0.1, 0.15) is 12.4 Å². The third kappa shape index (κ3) is 4.67. The molecule has 1 heterocycles. The van der Waals surface area contributed by atoms with Crippen LogP contribution in [0.2, 0.25) is 10.0 Å². The molecule has 0 bridgehead atoms. The fourth-order valence-electron chi connectivity index (χ4n) is 2.75. The van der Waals surface area contributed by atoms with Crippen molar-refractivity contribution in [1.29, 1.82) is 0 Å². The van der Waals surface area contributed by atoms with Gasteiger partial charge in [-0.25, -0.2) is 9.79 Å². The Labute approximate surface area is 178 Å². The molecule has 4 rings (SSSR count). The predicted octanol–water partition coefficient (Wildman–Crippen LogP) is 5.92. The lowest BCUT2D eigenvalue weighted by atomic mass is 10.1. The topological polar surface area (TPSA) is 47.9 Å². The monoisotopic (exact) mass is 423 g/mol. The molecule has 1 aliphatic heterocycles. The Morgan fingerprint density at radius 1 is 0.897 bits per heavy atom. The summed E-state index contributed by atoms with van der Waals surface area (Å²) in [5, 5.41) is 1.27. The molecule has 0 fully saturated rings. The Balaban J connectivity index is 1.56. The van der Waals surface area contributed by atoms with Crippen molar-refractivity contribution in [3.05, 3.63) is 105 Å². The summed E-state index contributed by atoms with van der Waals surface area (Å²) in [5.74, 6) is 0.373. The second kappa shape index (κ2) is 8.52. The number of rotatable bonds is 5. The maximum absolute atomic E-state index is 12.3. The first-order valence-electron chi connectivity index (χ1n) is 8.83. The first kappa shape index (κ1) is 19.2. The number of halogens is 2. The van der Waals surface area contributed by atoms with Crippen molar-refractivity contribution in [2.45, 2.75) is 6.61 Å². The SMILES string of the molecule is O=C1OC(c2ccc(Cl)cc2)=NC1=Cc1ccccc1OCc1ccc(Cl)cc1.